The zero-order valence-electron chi connectivity index (χ0n) is 16.5. The molecule has 4 rings (SSSR count). The lowest BCUT2D eigenvalue weighted by atomic mass is 9.90. The van der Waals surface area contributed by atoms with Crippen molar-refractivity contribution in [2.75, 3.05) is 13.1 Å². The van der Waals surface area contributed by atoms with Crippen LogP contribution in [0.15, 0.2) is 45.3 Å². The maximum absolute atomic E-state index is 12.5. The fourth-order valence-corrected chi connectivity index (χ4v) is 7.17. The molecule has 3 aliphatic heterocycles. The molecule has 30 heavy (non-hydrogen) atoms. The van der Waals surface area contributed by atoms with Crippen LogP contribution >= 0.6 is 23.5 Å². The van der Waals surface area contributed by atoms with Gasteiger partial charge in [0.2, 0.25) is 5.91 Å². The predicted molar refractivity (Wildman–Crippen MR) is 118 cm³/mol. The number of para-hydroxylation sites is 1. The van der Waals surface area contributed by atoms with E-state index >= 15 is 0 Å². The van der Waals surface area contributed by atoms with E-state index in [0.717, 1.165) is 18.7 Å². The second-order valence-corrected chi connectivity index (χ2v) is 10.1. The molecule has 10 heteroatoms. The number of aliphatic carboxylic acids is 1. The van der Waals surface area contributed by atoms with Gasteiger partial charge in [0.05, 0.1) is 21.9 Å². The molecule has 0 radical (unpaired) electrons. The highest BCUT2D eigenvalue weighted by atomic mass is 32.2. The Balaban J connectivity index is 1.44. The third kappa shape index (κ3) is 3.79. The first kappa shape index (κ1) is 21.1. The summed E-state index contributed by atoms with van der Waals surface area (Å²) in [5.74, 6) is -1.51. The summed E-state index contributed by atoms with van der Waals surface area (Å²) in [6.07, 6.45) is 0.553. The summed E-state index contributed by atoms with van der Waals surface area (Å²) in [6.45, 7) is 3.21. The van der Waals surface area contributed by atoms with Crippen LogP contribution in [-0.2, 0) is 9.59 Å². The number of amides is 1. The molecule has 1 amide bonds. The number of β-lactam (4-membered cyclic amide) rings is 1. The highest BCUT2D eigenvalue weighted by Crippen LogP contribution is 2.55. The number of likely N-dealkylation sites (tertiary alicyclic amines) is 1. The van der Waals surface area contributed by atoms with Crippen molar-refractivity contribution in [3.63, 3.8) is 0 Å². The van der Waals surface area contributed by atoms with Crippen LogP contribution in [-0.4, -0.2) is 67.7 Å². The summed E-state index contributed by atoms with van der Waals surface area (Å²) in [7, 11) is 0. The summed E-state index contributed by atoms with van der Waals surface area (Å²) in [5, 5.41) is 19.7. The molecule has 160 valence electrons. The van der Waals surface area contributed by atoms with Gasteiger partial charge in [0.1, 0.15) is 5.37 Å². The largest absolute Gasteiger partial charge is 0.477 e. The van der Waals surface area contributed by atoms with Crippen LogP contribution in [0, 0.1) is 5.92 Å². The van der Waals surface area contributed by atoms with Gasteiger partial charge in [-0.1, -0.05) is 36.9 Å². The van der Waals surface area contributed by atoms with Gasteiger partial charge in [-0.05, 0) is 25.0 Å². The van der Waals surface area contributed by atoms with Crippen molar-refractivity contribution in [2.24, 2.45) is 16.6 Å². The summed E-state index contributed by atoms with van der Waals surface area (Å²) in [4.78, 5) is 32.1. The van der Waals surface area contributed by atoms with E-state index < -0.39 is 18.0 Å². The van der Waals surface area contributed by atoms with Crippen LogP contribution in [0.4, 0.5) is 5.69 Å². The number of carboxylic acid groups (broad SMARTS) is 1. The number of carbonyl (C=O) groups is 2. The fraction of sp³-hybridized carbons (Fsp3) is 0.450. The third-order valence-electron chi connectivity index (χ3n) is 5.52. The number of aliphatic hydroxyl groups excluding tert-OH is 1. The van der Waals surface area contributed by atoms with Crippen LogP contribution in [0.2, 0.25) is 0 Å². The number of nitrogens with zero attached hydrogens (tertiary/aromatic N) is 3. The van der Waals surface area contributed by atoms with Crippen LogP contribution in [0.3, 0.4) is 0 Å². The Hall–Kier alpha value is -2.17. The lowest BCUT2D eigenvalue weighted by Gasteiger charge is -2.44. The number of carbonyl (C=O) groups excluding carboxylic acids is 1. The lowest BCUT2D eigenvalue weighted by molar-refractivity contribution is -0.157. The van der Waals surface area contributed by atoms with Crippen molar-refractivity contribution in [1.82, 2.24) is 9.80 Å². The SMILES string of the molecule is CC[C@H](O)[C@@H]1C(=O)N2C(C(=O)O)=C(S[C@H]3CCN(C(N)=Nc4ccccc4)C3)S[C@H]12. The van der Waals surface area contributed by atoms with Gasteiger partial charge in [0, 0.05) is 18.3 Å². The first-order valence-corrected chi connectivity index (χ1v) is 11.6. The molecule has 1 aromatic carbocycles. The van der Waals surface area contributed by atoms with E-state index in [-0.39, 0.29) is 22.2 Å². The van der Waals surface area contributed by atoms with E-state index in [9.17, 15) is 19.8 Å². The first-order chi connectivity index (χ1) is 14.4. The maximum Gasteiger partial charge on any atom is 0.354 e. The van der Waals surface area contributed by atoms with Gasteiger partial charge in [-0.3, -0.25) is 9.69 Å². The average molecular weight is 449 g/mol. The van der Waals surface area contributed by atoms with Crippen molar-refractivity contribution in [3.8, 4) is 0 Å². The van der Waals surface area contributed by atoms with E-state index in [4.69, 9.17) is 5.73 Å². The Morgan fingerprint density at radius 3 is 2.80 bits per heavy atom. The van der Waals surface area contributed by atoms with E-state index in [1.807, 2.05) is 42.2 Å². The zero-order valence-corrected chi connectivity index (χ0v) is 18.1. The fourth-order valence-electron chi connectivity index (χ4n) is 3.89. The highest BCUT2D eigenvalue weighted by molar-refractivity contribution is 8.23. The molecule has 0 unspecified atom stereocenters. The molecule has 2 saturated heterocycles. The molecule has 0 aliphatic carbocycles. The number of thioether (sulfide) groups is 2. The molecule has 4 atom stereocenters. The van der Waals surface area contributed by atoms with Gasteiger partial charge >= 0.3 is 5.97 Å². The van der Waals surface area contributed by atoms with Crippen LogP contribution in [0.5, 0.6) is 0 Å². The Bertz CT molecular complexity index is 907. The molecule has 1 aromatic rings. The van der Waals surface area contributed by atoms with Crippen molar-refractivity contribution < 1.29 is 19.8 Å². The molecule has 3 aliphatic rings. The molecule has 0 spiro atoms. The number of benzene rings is 1. The maximum atomic E-state index is 12.5. The van der Waals surface area contributed by atoms with Gasteiger partial charge in [0.25, 0.3) is 0 Å². The quantitative estimate of drug-likeness (QED) is 0.343. The van der Waals surface area contributed by atoms with Crippen LogP contribution < -0.4 is 5.73 Å². The van der Waals surface area contributed by atoms with E-state index in [0.29, 0.717) is 23.2 Å². The number of rotatable bonds is 6. The minimum Gasteiger partial charge on any atom is -0.477 e. The van der Waals surface area contributed by atoms with Crippen molar-refractivity contribution in [1.29, 1.82) is 0 Å². The van der Waals surface area contributed by atoms with Gasteiger partial charge < -0.3 is 20.8 Å². The molecular weight excluding hydrogens is 424 g/mol. The standard InChI is InChI=1S/C20H24N4O4S2/c1-2-13(25)14-16(26)24-15(18(27)28)19(30-17(14)24)29-12-8-9-23(10-12)20(21)22-11-6-4-3-5-7-11/h3-7,12-14,17,25H,2,8-10H2,1H3,(H2,21,22)(H,27,28)/t12-,13-,14+,17+/m0/s1. The van der Waals surface area contributed by atoms with Gasteiger partial charge in [0.15, 0.2) is 11.7 Å². The highest BCUT2D eigenvalue weighted by Gasteiger charge is 2.58. The molecular formula is C20H24N4O4S2. The Morgan fingerprint density at radius 1 is 1.40 bits per heavy atom. The van der Waals surface area contributed by atoms with Crippen molar-refractivity contribution in [3.05, 3.63) is 40.3 Å². The van der Waals surface area contributed by atoms with Gasteiger partial charge in [-0.25, -0.2) is 9.79 Å². The smallest absolute Gasteiger partial charge is 0.354 e. The lowest BCUT2D eigenvalue weighted by Crippen LogP contribution is -2.61. The number of aliphatic imine (C=N–C) groups is 1. The van der Waals surface area contributed by atoms with Crippen LogP contribution in [0.1, 0.15) is 19.8 Å². The van der Waals surface area contributed by atoms with E-state index in [1.165, 1.54) is 28.4 Å². The summed E-state index contributed by atoms with van der Waals surface area (Å²) >= 11 is 2.86. The molecule has 3 heterocycles. The minimum atomic E-state index is -1.11. The number of aliphatic hydroxyl groups is 1. The molecule has 0 bridgehead atoms. The normalized spacial score (nSPS) is 27.3. The van der Waals surface area contributed by atoms with Gasteiger partial charge in [-0.15, -0.1) is 11.8 Å². The monoisotopic (exact) mass is 448 g/mol. The van der Waals surface area contributed by atoms with Crippen molar-refractivity contribution in [2.45, 2.75) is 36.5 Å². The molecule has 8 nitrogen and oxygen atoms in total. The number of hydrogen-bond acceptors (Lipinski definition) is 6. The summed E-state index contributed by atoms with van der Waals surface area (Å²) in [6, 6.07) is 9.50. The average Bonchev–Trinajstić information content (AvgIpc) is 3.32. The zero-order chi connectivity index (χ0) is 21.4. The number of carboxylic acids is 1. The Morgan fingerprint density at radius 2 is 2.13 bits per heavy atom. The third-order valence-corrected chi connectivity index (χ3v) is 8.38. The molecule has 4 N–H and O–H groups in total. The molecule has 0 saturated carbocycles. The number of guanidine groups is 1. The number of fused-ring (bicyclic) bond motifs is 1. The van der Waals surface area contributed by atoms with E-state index in [1.54, 1.807) is 0 Å². The first-order valence-electron chi connectivity index (χ1n) is 9.86. The number of nitrogens with two attached hydrogens (primary N) is 1. The van der Waals surface area contributed by atoms with E-state index in [2.05, 4.69) is 4.99 Å². The van der Waals surface area contributed by atoms with Crippen LogP contribution in [0.25, 0.3) is 0 Å². The number of hydrogen-bond donors (Lipinski definition) is 3. The Labute approximate surface area is 183 Å². The second-order valence-electron chi connectivity index (χ2n) is 7.44. The second kappa shape index (κ2) is 8.52. The molecule has 0 aromatic heterocycles. The summed E-state index contributed by atoms with van der Waals surface area (Å²) < 4.78 is 0.636. The molecule has 2 fully saturated rings. The van der Waals surface area contributed by atoms with Crippen molar-refractivity contribution >= 4 is 47.0 Å². The topological polar surface area (TPSA) is 119 Å². The summed E-state index contributed by atoms with van der Waals surface area (Å²) in [5.41, 5.74) is 7.00. The predicted octanol–water partition coefficient (Wildman–Crippen LogP) is 2.00. The van der Waals surface area contributed by atoms with Gasteiger partial charge in [-0.2, -0.15) is 0 Å². The Kier molecular flexibility index (Phi) is 5.99. The minimum absolute atomic E-state index is 0.0453.